The van der Waals surface area contributed by atoms with Crippen LogP contribution in [-0.4, -0.2) is 12.1 Å². The van der Waals surface area contributed by atoms with Crippen LogP contribution < -0.4 is 5.32 Å². The molecular formula is C12H23N. The van der Waals surface area contributed by atoms with Crippen LogP contribution in [-0.2, 0) is 0 Å². The van der Waals surface area contributed by atoms with Gasteiger partial charge in [0.05, 0.1) is 0 Å². The largest absolute Gasteiger partial charge is 0.310 e. The van der Waals surface area contributed by atoms with Crippen LogP contribution in [0.2, 0.25) is 0 Å². The predicted molar refractivity (Wildman–Crippen MR) is 56.7 cm³/mol. The summed E-state index contributed by atoms with van der Waals surface area (Å²) in [5.41, 5.74) is 1.27. The molecule has 0 aromatic carbocycles. The molecule has 0 heterocycles. The van der Waals surface area contributed by atoms with E-state index in [2.05, 4.69) is 39.9 Å². The molecule has 13 heavy (non-hydrogen) atoms. The lowest BCUT2D eigenvalue weighted by molar-refractivity contribution is 0.412. The zero-order chi connectivity index (χ0) is 9.91. The Morgan fingerprint density at radius 3 is 1.77 bits per heavy atom. The molecule has 1 heteroatoms. The maximum Gasteiger partial charge on any atom is 0.0266 e. The molecule has 0 atom stereocenters. The van der Waals surface area contributed by atoms with Gasteiger partial charge in [0, 0.05) is 5.54 Å². The lowest BCUT2D eigenvalue weighted by atomic mass is 10.0. The van der Waals surface area contributed by atoms with Crippen molar-refractivity contribution in [1.29, 1.82) is 0 Å². The Hall–Kier alpha value is -0.0400. The summed E-state index contributed by atoms with van der Waals surface area (Å²) in [6, 6.07) is 0. The highest BCUT2D eigenvalue weighted by molar-refractivity contribution is 5.28. The Kier molecular flexibility index (Phi) is 1.69. The lowest BCUT2D eigenvalue weighted by Gasteiger charge is -2.17. The molecule has 1 nitrogen and oxygen atoms in total. The van der Waals surface area contributed by atoms with E-state index in [0.717, 1.165) is 5.92 Å². The molecule has 2 saturated carbocycles. The minimum Gasteiger partial charge on any atom is -0.310 e. The first kappa shape index (κ1) is 9.51. The SMILES string of the molecule is CC1(C)C(C)(C)C1(C)NCC1CC1. The zero-order valence-electron chi connectivity index (χ0n) is 9.70. The van der Waals surface area contributed by atoms with E-state index in [9.17, 15) is 0 Å². The summed E-state index contributed by atoms with van der Waals surface area (Å²) in [5.74, 6) is 0.990. The number of hydrogen-bond acceptors (Lipinski definition) is 1. The minimum absolute atomic E-state index is 0.364. The Balaban J connectivity index is 1.97. The van der Waals surface area contributed by atoms with Gasteiger partial charge < -0.3 is 5.32 Å². The molecule has 0 aliphatic heterocycles. The van der Waals surface area contributed by atoms with Gasteiger partial charge in [-0.1, -0.05) is 27.7 Å². The van der Waals surface area contributed by atoms with Crippen LogP contribution >= 0.6 is 0 Å². The Bertz CT molecular complexity index is 209. The molecule has 0 unspecified atom stereocenters. The molecule has 76 valence electrons. The average molecular weight is 181 g/mol. The van der Waals surface area contributed by atoms with E-state index >= 15 is 0 Å². The summed E-state index contributed by atoms with van der Waals surface area (Å²) in [6.07, 6.45) is 2.90. The maximum absolute atomic E-state index is 3.78. The van der Waals surface area contributed by atoms with E-state index in [1.54, 1.807) is 0 Å². The maximum atomic E-state index is 3.78. The minimum atomic E-state index is 0.364. The monoisotopic (exact) mass is 181 g/mol. The van der Waals surface area contributed by atoms with Crippen molar-refractivity contribution in [3.63, 3.8) is 0 Å². The van der Waals surface area contributed by atoms with E-state index < -0.39 is 0 Å². The van der Waals surface area contributed by atoms with Gasteiger partial charge >= 0.3 is 0 Å². The van der Waals surface area contributed by atoms with Crippen molar-refractivity contribution in [3.05, 3.63) is 0 Å². The van der Waals surface area contributed by atoms with E-state index in [4.69, 9.17) is 0 Å². The summed E-state index contributed by atoms with van der Waals surface area (Å²) in [7, 11) is 0. The van der Waals surface area contributed by atoms with E-state index in [1.807, 2.05) is 0 Å². The van der Waals surface area contributed by atoms with Crippen molar-refractivity contribution in [2.45, 2.75) is 53.0 Å². The first-order chi connectivity index (χ1) is 5.83. The van der Waals surface area contributed by atoms with Crippen LogP contribution in [0.3, 0.4) is 0 Å². The van der Waals surface area contributed by atoms with Gasteiger partial charge in [-0.25, -0.2) is 0 Å². The van der Waals surface area contributed by atoms with Crippen LogP contribution in [0.25, 0.3) is 0 Å². The Labute approximate surface area is 82.3 Å². The highest BCUT2D eigenvalue weighted by Crippen LogP contribution is 2.71. The summed E-state index contributed by atoms with van der Waals surface area (Å²) in [4.78, 5) is 0. The summed E-state index contributed by atoms with van der Waals surface area (Å²) in [6.45, 7) is 13.2. The highest BCUT2D eigenvalue weighted by atomic mass is 15.1. The number of nitrogens with one attached hydrogen (secondary N) is 1. The molecule has 0 saturated heterocycles. The average Bonchev–Trinajstić information content (AvgIpc) is 2.87. The summed E-state index contributed by atoms with van der Waals surface area (Å²) in [5, 5.41) is 3.78. The third-order valence-electron chi connectivity index (χ3n) is 5.44. The van der Waals surface area contributed by atoms with Crippen LogP contribution in [0.1, 0.15) is 47.5 Å². The molecule has 0 radical (unpaired) electrons. The standard InChI is InChI=1S/C12H23N/c1-10(2)11(3,4)12(10,5)13-8-9-6-7-9/h9,13H,6-8H2,1-5H3. The van der Waals surface area contributed by atoms with Gasteiger partial charge in [0.2, 0.25) is 0 Å². The van der Waals surface area contributed by atoms with Gasteiger partial charge in [0.1, 0.15) is 0 Å². The van der Waals surface area contributed by atoms with Crippen molar-refractivity contribution in [2.24, 2.45) is 16.7 Å². The fourth-order valence-corrected chi connectivity index (χ4v) is 2.71. The van der Waals surface area contributed by atoms with E-state index in [1.165, 1.54) is 19.4 Å². The van der Waals surface area contributed by atoms with Crippen LogP contribution in [0.4, 0.5) is 0 Å². The molecular weight excluding hydrogens is 158 g/mol. The second-order valence-corrected chi connectivity index (χ2v) is 6.20. The highest BCUT2D eigenvalue weighted by Gasteiger charge is 2.74. The van der Waals surface area contributed by atoms with Crippen LogP contribution in [0.15, 0.2) is 0 Å². The van der Waals surface area contributed by atoms with Gasteiger partial charge in [-0.3, -0.25) is 0 Å². The van der Waals surface area contributed by atoms with Crippen molar-refractivity contribution in [1.82, 2.24) is 5.32 Å². The van der Waals surface area contributed by atoms with Gasteiger partial charge in [0.25, 0.3) is 0 Å². The Morgan fingerprint density at radius 2 is 1.46 bits per heavy atom. The predicted octanol–water partition coefficient (Wildman–Crippen LogP) is 2.81. The normalized spacial score (nSPS) is 33.0. The third kappa shape index (κ3) is 1.03. The molecule has 2 aliphatic carbocycles. The van der Waals surface area contributed by atoms with Gasteiger partial charge in [-0.15, -0.1) is 0 Å². The fourth-order valence-electron chi connectivity index (χ4n) is 2.71. The fraction of sp³-hybridized carbons (Fsp3) is 1.00. The van der Waals surface area contributed by atoms with Crippen molar-refractivity contribution in [3.8, 4) is 0 Å². The van der Waals surface area contributed by atoms with Crippen molar-refractivity contribution in [2.75, 3.05) is 6.54 Å². The zero-order valence-corrected chi connectivity index (χ0v) is 9.70. The molecule has 0 amide bonds. The van der Waals surface area contributed by atoms with Gasteiger partial charge in [-0.2, -0.15) is 0 Å². The second kappa shape index (κ2) is 2.31. The van der Waals surface area contributed by atoms with Crippen molar-refractivity contribution < 1.29 is 0 Å². The van der Waals surface area contributed by atoms with E-state index in [0.29, 0.717) is 16.4 Å². The molecule has 2 fully saturated rings. The first-order valence-electron chi connectivity index (χ1n) is 5.58. The Morgan fingerprint density at radius 1 is 1.00 bits per heavy atom. The lowest BCUT2D eigenvalue weighted by Crippen LogP contribution is -2.36. The topological polar surface area (TPSA) is 12.0 Å². The summed E-state index contributed by atoms with van der Waals surface area (Å²) < 4.78 is 0. The smallest absolute Gasteiger partial charge is 0.0266 e. The molecule has 0 bridgehead atoms. The number of rotatable bonds is 3. The quantitative estimate of drug-likeness (QED) is 0.706. The molecule has 0 aromatic rings. The number of hydrogen-bond donors (Lipinski definition) is 1. The van der Waals surface area contributed by atoms with Gasteiger partial charge in [0.15, 0.2) is 0 Å². The summed E-state index contributed by atoms with van der Waals surface area (Å²) >= 11 is 0. The third-order valence-corrected chi connectivity index (χ3v) is 5.44. The first-order valence-corrected chi connectivity index (χ1v) is 5.58. The van der Waals surface area contributed by atoms with Crippen LogP contribution in [0, 0.1) is 16.7 Å². The van der Waals surface area contributed by atoms with Crippen LogP contribution in [0.5, 0.6) is 0 Å². The molecule has 2 rings (SSSR count). The second-order valence-electron chi connectivity index (χ2n) is 6.20. The molecule has 2 aliphatic rings. The van der Waals surface area contributed by atoms with Crippen molar-refractivity contribution >= 4 is 0 Å². The van der Waals surface area contributed by atoms with Gasteiger partial charge in [-0.05, 0) is 43.1 Å². The van der Waals surface area contributed by atoms with E-state index in [-0.39, 0.29) is 0 Å². The molecule has 1 N–H and O–H groups in total. The molecule has 0 spiro atoms. The molecule has 0 aromatic heterocycles.